The number of hydrogen-bond donors (Lipinski definition) is 3. The molecule has 0 aromatic heterocycles. The van der Waals surface area contributed by atoms with Crippen LogP contribution in [0.3, 0.4) is 0 Å². The molecule has 1 rings (SSSR count). The molecule has 1 saturated heterocycles. The monoisotopic (exact) mass is 177 g/mol. The largest absolute Gasteiger partial charge is 0.537 e. The third-order valence-corrected chi connectivity index (χ3v) is 0.936. The van der Waals surface area contributed by atoms with Gasteiger partial charge in [-0.25, -0.2) is 4.79 Å². The van der Waals surface area contributed by atoms with E-state index in [1.165, 1.54) is 0 Å². The average molecular weight is 177 g/mol. The number of carbonyl (C=O) groups is 3. The zero-order chi connectivity index (χ0) is 9.56. The molecule has 0 aromatic rings. The van der Waals surface area contributed by atoms with Gasteiger partial charge in [0, 0.05) is 12.8 Å². The van der Waals surface area contributed by atoms with Gasteiger partial charge in [0.25, 0.3) is 0 Å². The molecule has 68 valence electrons. The summed E-state index contributed by atoms with van der Waals surface area (Å²) < 4.78 is 0. The van der Waals surface area contributed by atoms with Gasteiger partial charge in [0.1, 0.15) is 0 Å². The SMILES string of the molecule is O=C(O)OO.O=C1CCC(=O)N1. The number of imide groups is 1. The third-order valence-electron chi connectivity index (χ3n) is 0.936. The molecule has 0 atom stereocenters. The molecule has 1 aliphatic heterocycles. The lowest BCUT2D eigenvalue weighted by Crippen LogP contribution is -2.18. The first-order valence-electron chi connectivity index (χ1n) is 2.93. The van der Waals surface area contributed by atoms with Gasteiger partial charge in [-0.15, -0.1) is 0 Å². The van der Waals surface area contributed by atoms with E-state index in [2.05, 4.69) is 10.2 Å². The van der Waals surface area contributed by atoms with Gasteiger partial charge in [-0.1, -0.05) is 0 Å². The van der Waals surface area contributed by atoms with E-state index >= 15 is 0 Å². The van der Waals surface area contributed by atoms with E-state index in [4.69, 9.17) is 15.2 Å². The Morgan fingerprint density at radius 1 is 1.33 bits per heavy atom. The lowest BCUT2D eigenvalue weighted by molar-refractivity contribution is -0.194. The summed E-state index contributed by atoms with van der Waals surface area (Å²) in [5.41, 5.74) is 0. The molecule has 7 heteroatoms. The van der Waals surface area contributed by atoms with E-state index in [9.17, 15) is 9.59 Å². The van der Waals surface area contributed by atoms with E-state index in [0.29, 0.717) is 12.8 Å². The van der Waals surface area contributed by atoms with Crippen molar-refractivity contribution in [1.82, 2.24) is 5.32 Å². The Morgan fingerprint density at radius 3 is 1.75 bits per heavy atom. The van der Waals surface area contributed by atoms with Gasteiger partial charge in [0.05, 0.1) is 0 Å². The summed E-state index contributed by atoms with van der Waals surface area (Å²) in [5.74, 6) is -0.296. The van der Waals surface area contributed by atoms with E-state index in [1.54, 1.807) is 0 Å². The van der Waals surface area contributed by atoms with Gasteiger partial charge in [0.15, 0.2) is 0 Å². The minimum Gasteiger partial charge on any atom is -0.448 e. The minimum atomic E-state index is -1.69. The molecular formula is C5H7NO6. The molecular weight excluding hydrogens is 170 g/mol. The van der Waals surface area contributed by atoms with Crippen LogP contribution in [0.2, 0.25) is 0 Å². The summed E-state index contributed by atoms with van der Waals surface area (Å²) in [6, 6.07) is 0. The van der Waals surface area contributed by atoms with Gasteiger partial charge in [0.2, 0.25) is 11.8 Å². The van der Waals surface area contributed by atoms with Crippen molar-refractivity contribution in [2.75, 3.05) is 0 Å². The summed E-state index contributed by atoms with van der Waals surface area (Å²) in [4.78, 5) is 31.8. The fourth-order valence-electron chi connectivity index (χ4n) is 0.508. The van der Waals surface area contributed by atoms with Crippen LogP contribution in [0.5, 0.6) is 0 Å². The summed E-state index contributed by atoms with van der Waals surface area (Å²) in [6.07, 6.45) is -0.942. The van der Waals surface area contributed by atoms with E-state index in [-0.39, 0.29) is 11.8 Å². The molecule has 0 aromatic carbocycles. The Morgan fingerprint density at radius 2 is 1.67 bits per heavy atom. The van der Waals surface area contributed by atoms with Gasteiger partial charge < -0.3 is 5.11 Å². The number of amides is 2. The van der Waals surface area contributed by atoms with Crippen LogP contribution < -0.4 is 5.32 Å². The summed E-state index contributed by atoms with van der Waals surface area (Å²) in [7, 11) is 0. The standard InChI is InChI=1S/C4H5NO2.CH2O4/c6-3-1-2-4(7)5-3;2-1(3)5-4/h1-2H2,(H,5,6,7);4H,(H,2,3). The second-order valence-electron chi connectivity index (χ2n) is 1.83. The summed E-state index contributed by atoms with van der Waals surface area (Å²) >= 11 is 0. The average Bonchev–Trinajstić information content (AvgIpc) is 2.36. The maximum atomic E-state index is 10.1. The number of carboxylic acid groups (broad SMARTS) is 1. The predicted octanol–water partition coefficient (Wildman–Crippen LogP) is -0.423. The third kappa shape index (κ3) is 5.18. The van der Waals surface area contributed by atoms with Gasteiger partial charge in [-0.2, -0.15) is 5.26 Å². The zero-order valence-electron chi connectivity index (χ0n) is 5.94. The first-order chi connectivity index (χ1) is 5.56. The van der Waals surface area contributed by atoms with Gasteiger partial charge in [-0.3, -0.25) is 19.8 Å². The first-order valence-corrected chi connectivity index (χ1v) is 2.93. The number of rotatable bonds is 0. The van der Waals surface area contributed by atoms with Crippen LogP contribution in [0.25, 0.3) is 0 Å². The fraction of sp³-hybridized carbons (Fsp3) is 0.400. The van der Waals surface area contributed by atoms with Crippen LogP contribution in [-0.2, 0) is 14.5 Å². The highest BCUT2D eigenvalue weighted by Crippen LogP contribution is 1.95. The topological polar surface area (TPSA) is 113 Å². The molecule has 1 fully saturated rings. The molecule has 0 saturated carbocycles. The van der Waals surface area contributed by atoms with E-state index in [1.807, 2.05) is 0 Å². The van der Waals surface area contributed by atoms with E-state index in [0.717, 1.165) is 0 Å². The van der Waals surface area contributed by atoms with Crippen molar-refractivity contribution < 1.29 is 29.6 Å². The lowest BCUT2D eigenvalue weighted by atomic mass is 10.4. The zero-order valence-corrected chi connectivity index (χ0v) is 5.94. The Hall–Kier alpha value is -1.63. The van der Waals surface area contributed by atoms with Crippen LogP contribution in [-0.4, -0.2) is 28.3 Å². The minimum absolute atomic E-state index is 0.148. The molecule has 0 unspecified atom stereocenters. The van der Waals surface area contributed by atoms with Crippen LogP contribution in [0.4, 0.5) is 4.79 Å². The molecule has 1 heterocycles. The maximum Gasteiger partial charge on any atom is 0.537 e. The van der Waals surface area contributed by atoms with E-state index < -0.39 is 6.16 Å². The van der Waals surface area contributed by atoms with Gasteiger partial charge >= 0.3 is 6.16 Å². The quantitative estimate of drug-likeness (QED) is 0.263. The highest BCUT2D eigenvalue weighted by molar-refractivity contribution is 6.01. The van der Waals surface area contributed by atoms with Crippen LogP contribution >= 0.6 is 0 Å². The second kappa shape index (κ2) is 5.08. The number of hydrogen-bond acceptors (Lipinski definition) is 5. The van der Waals surface area contributed by atoms with Crippen molar-refractivity contribution in [2.24, 2.45) is 0 Å². The Balaban J connectivity index is 0.000000217. The Bertz CT molecular complexity index is 186. The van der Waals surface area contributed by atoms with Crippen LogP contribution in [0.15, 0.2) is 0 Å². The van der Waals surface area contributed by atoms with Crippen molar-refractivity contribution in [3.63, 3.8) is 0 Å². The van der Waals surface area contributed by atoms with Gasteiger partial charge in [-0.05, 0) is 0 Å². The van der Waals surface area contributed by atoms with Crippen LogP contribution in [0.1, 0.15) is 12.8 Å². The molecule has 0 radical (unpaired) electrons. The van der Waals surface area contributed by atoms with Crippen molar-refractivity contribution in [3.05, 3.63) is 0 Å². The second-order valence-corrected chi connectivity index (χ2v) is 1.83. The number of carbonyl (C=O) groups excluding carboxylic acids is 2. The normalized spacial score (nSPS) is 14.4. The van der Waals surface area contributed by atoms with Crippen molar-refractivity contribution >= 4 is 18.0 Å². The van der Waals surface area contributed by atoms with Crippen molar-refractivity contribution in [2.45, 2.75) is 12.8 Å². The fourth-order valence-corrected chi connectivity index (χ4v) is 0.508. The smallest absolute Gasteiger partial charge is 0.448 e. The molecule has 0 bridgehead atoms. The Kier molecular flexibility index (Phi) is 4.39. The van der Waals surface area contributed by atoms with Crippen molar-refractivity contribution in [1.29, 1.82) is 0 Å². The summed E-state index contributed by atoms with van der Waals surface area (Å²) in [5, 5.41) is 16.4. The molecule has 1 aliphatic rings. The molecule has 2 amide bonds. The molecule has 12 heavy (non-hydrogen) atoms. The molecule has 0 aliphatic carbocycles. The lowest BCUT2D eigenvalue weighted by Gasteiger charge is -1.79. The molecule has 3 N–H and O–H groups in total. The summed E-state index contributed by atoms with van der Waals surface area (Å²) in [6.45, 7) is 0. The van der Waals surface area contributed by atoms with Crippen LogP contribution in [0, 0.1) is 0 Å². The maximum absolute atomic E-state index is 10.1. The highest BCUT2D eigenvalue weighted by Gasteiger charge is 2.15. The highest BCUT2D eigenvalue weighted by atomic mass is 17.1. The van der Waals surface area contributed by atoms with Crippen molar-refractivity contribution in [3.8, 4) is 0 Å². The molecule has 7 nitrogen and oxygen atoms in total. The first kappa shape index (κ1) is 10.4. The Labute approximate surface area is 66.9 Å². The molecule has 0 spiro atoms. The number of nitrogens with one attached hydrogen (secondary N) is 1. The predicted molar refractivity (Wildman–Crippen MR) is 34.1 cm³/mol.